The molecule has 0 aliphatic carbocycles. The number of benzene rings is 1. The Bertz CT molecular complexity index is 309. The molecule has 0 N–H and O–H groups in total. The van der Waals surface area contributed by atoms with Crippen LogP contribution in [0.4, 0.5) is 0 Å². The lowest BCUT2D eigenvalue weighted by Crippen LogP contribution is -2.40. The van der Waals surface area contributed by atoms with E-state index in [2.05, 4.69) is 50.9 Å². The van der Waals surface area contributed by atoms with Gasteiger partial charge in [0.15, 0.2) is 0 Å². The second-order valence-electron chi connectivity index (χ2n) is 4.81. The molecule has 0 saturated carbocycles. The van der Waals surface area contributed by atoms with Gasteiger partial charge in [0.05, 0.1) is 8.07 Å². The molecule has 0 aromatic heterocycles. The Labute approximate surface area is 95.0 Å². The van der Waals surface area contributed by atoms with Gasteiger partial charge in [0, 0.05) is 0 Å². The van der Waals surface area contributed by atoms with E-state index in [1.807, 2.05) is 6.08 Å². The molecule has 0 saturated heterocycles. The minimum Gasteiger partial charge on any atom is -0.0985 e. The van der Waals surface area contributed by atoms with Crippen LogP contribution in [0, 0.1) is 0 Å². The lowest BCUT2D eigenvalue weighted by Gasteiger charge is -2.22. The normalized spacial score (nSPS) is 11.4. The standard InChI is InChI=1S/C14H22Si/c1-5-7-12-15(3,4)14-10-8-13(6-2)9-11-14/h6,8-11H,2,5,7,12H2,1,3-4H3. The van der Waals surface area contributed by atoms with Crippen molar-refractivity contribution in [3.05, 3.63) is 36.4 Å². The van der Waals surface area contributed by atoms with Gasteiger partial charge >= 0.3 is 0 Å². The van der Waals surface area contributed by atoms with Gasteiger partial charge in [0.2, 0.25) is 0 Å². The summed E-state index contributed by atoms with van der Waals surface area (Å²) in [6.45, 7) is 11.0. The smallest absolute Gasteiger partial charge is 0.0806 e. The molecule has 82 valence electrons. The van der Waals surface area contributed by atoms with Crippen LogP contribution in [-0.2, 0) is 0 Å². The van der Waals surface area contributed by atoms with Crippen LogP contribution in [0.3, 0.4) is 0 Å². The second-order valence-corrected chi connectivity index (χ2v) is 9.66. The van der Waals surface area contributed by atoms with Crippen LogP contribution >= 0.6 is 0 Å². The topological polar surface area (TPSA) is 0 Å². The summed E-state index contributed by atoms with van der Waals surface area (Å²) in [4.78, 5) is 0. The van der Waals surface area contributed by atoms with E-state index in [-0.39, 0.29) is 0 Å². The summed E-state index contributed by atoms with van der Waals surface area (Å²) in [6, 6.07) is 10.3. The van der Waals surface area contributed by atoms with Gasteiger partial charge in [-0.25, -0.2) is 0 Å². The van der Waals surface area contributed by atoms with Crippen molar-refractivity contribution in [3.8, 4) is 0 Å². The molecule has 0 nitrogen and oxygen atoms in total. The van der Waals surface area contributed by atoms with Crippen LogP contribution in [0.5, 0.6) is 0 Å². The van der Waals surface area contributed by atoms with Crippen molar-refractivity contribution < 1.29 is 0 Å². The minimum atomic E-state index is -1.17. The Morgan fingerprint density at radius 3 is 2.27 bits per heavy atom. The number of hydrogen-bond acceptors (Lipinski definition) is 0. The van der Waals surface area contributed by atoms with Crippen LogP contribution in [0.15, 0.2) is 30.8 Å². The Morgan fingerprint density at radius 1 is 1.20 bits per heavy atom. The highest BCUT2D eigenvalue weighted by Crippen LogP contribution is 2.14. The summed E-state index contributed by atoms with van der Waals surface area (Å²) in [5.74, 6) is 0. The lowest BCUT2D eigenvalue weighted by molar-refractivity contribution is 0.870. The van der Waals surface area contributed by atoms with Gasteiger partial charge in [-0.1, -0.05) is 81.0 Å². The van der Waals surface area contributed by atoms with Crippen LogP contribution in [-0.4, -0.2) is 8.07 Å². The van der Waals surface area contributed by atoms with E-state index < -0.39 is 8.07 Å². The van der Waals surface area contributed by atoms with Gasteiger partial charge in [-0.15, -0.1) is 0 Å². The quantitative estimate of drug-likeness (QED) is 0.654. The van der Waals surface area contributed by atoms with Gasteiger partial charge in [0.1, 0.15) is 0 Å². The third-order valence-electron chi connectivity index (χ3n) is 3.08. The highest BCUT2D eigenvalue weighted by atomic mass is 28.3. The maximum absolute atomic E-state index is 3.78. The maximum atomic E-state index is 3.78. The zero-order valence-corrected chi connectivity index (χ0v) is 11.2. The third-order valence-corrected chi connectivity index (χ3v) is 6.58. The van der Waals surface area contributed by atoms with Crippen LogP contribution in [0.25, 0.3) is 6.08 Å². The van der Waals surface area contributed by atoms with Gasteiger partial charge in [-0.05, 0) is 5.56 Å². The fraction of sp³-hybridized carbons (Fsp3) is 0.429. The summed E-state index contributed by atoms with van der Waals surface area (Å²) in [5, 5.41) is 1.57. The molecule has 0 aliphatic heterocycles. The first-order chi connectivity index (χ1) is 7.10. The molecule has 1 heteroatoms. The van der Waals surface area contributed by atoms with Crippen LogP contribution in [0.2, 0.25) is 19.1 Å². The highest BCUT2D eigenvalue weighted by molar-refractivity contribution is 6.89. The minimum absolute atomic E-state index is 1.17. The van der Waals surface area contributed by atoms with Crippen molar-refractivity contribution in [1.29, 1.82) is 0 Å². The number of hydrogen-bond donors (Lipinski definition) is 0. The van der Waals surface area contributed by atoms with Crippen molar-refractivity contribution in [2.45, 2.75) is 38.9 Å². The molecule has 15 heavy (non-hydrogen) atoms. The zero-order valence-electron chi connectivity index (χ0n) is 10.2. The first kappa shape index (κ1) is 12.2. The average molecular weight is 218 g/mol. The van der Waals surface area contributed by atoms with E-state index in [0.29, 0.717) is 0 Å². The first-order valence-corrected chi connectivity index (χ1v) is 9.04. The first-order valence-electron chi connectivity index (χ1n) is 5.83. The van der Waals surface area contributed by atoms with E-state index in [9.17, 15) is 0 Å². The maximum Gasteiger partial charge on any atom is 0.0806 e. The third kappa shape index (κ3) is 3.35. The van der Waals surface area contributed by atoms with Crippen molar-refractivity contribution in [2.24, 2.45) is 0 Å². The molecule has 0 aliphatic rings. The fourth-order valence-electron chi connectivity index (χ4n) is 1.83. The molecule has 1 aromatic rings. The molecule has 0 radical (unpaired) electrons. The molecule has 0 spiro atoms. The second kappa shape index (κ2) is 5.31. The van der Waals surface area contributed by atoms with Gasteiger partial charge in [-0.3, -0.25) is 0 Å². The number of unbranched alkanes of at least 4 members (excludes halogenated alkanes) is 1. The molecule has 0 amide bonds. The van der Waals surface area contributed by atoms with E-state index in [1.165, 1.54) is 24.4 Å². The predicted molar refractivity (Wildman–Crippen MR) is 73.4 cm³/mol. The highest BCUT2D eigenvalue weighted by Gasteiger charge is 2.21. The van der Waals surface area contributed by atoms with Gasteiger partial charge in [-0.2, -0.15) is 0 Å². The molecule has 0 atom stereocenters. The molecule has 1 rings (SSSR count). The molecule has 1 aromatic carbocycles. The van der Waals surface area contributed by atoms with Crippen molar-refractivity contribution in [3.63, 3.8) is 0 Å². The summed E-state index contributed by atoms with van der Waals surface area (Å²) in [6.07, 6.45) is 4.58. The molecule has 0 heterocycles. The Hall–Kier alpha value is -0.823. The van der Waals surface area contributed by atoms with Gasteiger partial charge in [0.25, 0.3) is 0 Å². The van der Waals surface area contributed by atoms with E-state index >= 15 is 0 Å². The Kier molecular flexibility index (Phi) is 4.34. The van der Waals surface area contributed by atoms with Crippen LogP contribution in [0.1, 0.15) is 25.3 Å². The average Bonchev–Trinajstić information content (AvgIpc) is 2.26. The van der Waals surface area contributed by atoms with Crippen molar-refractivity contribution in [2.75, 3.05) is 0 Å². The van der Waals surface area contributed by atoms with E-state index in [0.717, 1.165) is 0 Å². The number of rotatable bonds is 5. The van der Waals surface area contributed by atoms with Crippen molar-refractivity contribution in [1.82, 2.24) is 0 Å². The molecule has 0 bridgehead atoms. The summed E-state index contributed by atoms with van der Waals surface area (Å²) in [7, 11) is -1.17. The van der Waals surface area contributed by atoms with Gasteiger partial charge < -0.3 is 0 Å². The monoisotopic (exact) mass is 218 g/mol. The summed E-state index contributed by atoms with van der Waals surface area (Å²) < 4.78 is 0. The van der Waals surface area contributed by atoms with E-state index in [1.54, 1.807) is 5.19 Å². The largest absolute Gasteiger partial charge is 0.0985 e. The fourth-order valence-corrected chi connectivity index (χ4v) is 4.43. The Morgan fingerprint density at radius 2 is 1.80 bits per heavy atom. The molecular weight excluding hydrogens is 196 g/mol. The molecule has 0 fully saturated rings. The lowest BCUT2D eigenvalue weighted by atomic mass is 10.2. The van der Waals surface area contributed by atoms with E-state index in [4.69, 9.17) is 0 Å². The SMILES string of the molecule is C=Cc1ccc([Si](C)(C)CCCC)cc1. The predicted octanol–water partition coefficient (Wildman–Crippen LogP) is 4.05. The van der Waals surface area contributed by atoms with Crippen molar-refractivity contribution >= 4 is 19.3 Å². The zero-order chi connectivity index (χ0) is 11.3. The molecule has 0 unspecified atom stereocenters. The summed E-state index contributed by atoms with van der Waals surface area (Å²) in [5.41, 5.74) is 1.22. The Balaban J connectivity index is 2.80. The molecular formula is C14H22Si. The van der Waals surface area contributed by atoms with Crippen LogP contribution < -0.4 is 5.19 Å². The summed E-state index contributed by atoms with van der Waals surface area (Å²) >= 11 is 0.